The topological polar surface area (TPSA) is 35.8 Å². The van der Waals surface area contributed by atoms with E-state index in [4.69, 9.17) is 5.21 Å². The summed E-state index contributed by atoms with van der Waals surface area (Å²) >= 11 is 0. The van der Waals surface area contributed by atoms with Crippen molar-refractivity contribution < 1.29 is 5.21 Å². The van der Waals surface area contributed by atoms with Crippen molar-refractivity contribution >= 4 is 5.71 Å². The van der Waals surface area contributed by atoms with Crippen LogP contribution >= 0.6 is 0 Å². The van der Waals surface area contributed by atoms with Crippen LogP contribution in [-0.4, -0.2) is 28.9 Å². The van der Waals surface area contributed by atoms with Crippen molar-refractivity contribution in [2.75, 3.05) is 13.1 Å². The summed E-state index contributed by atoms with van der Waals surface area (Å²) in [5.41, 5.74) is 3.61. The molecule has 1 fully saturated rings. The Labute approximate surface area is 103 Å². The van der Waals surface area contributed by atoms with Crippen LogP contribution in [0.4, 0.5) is 0 Å². The number of hydrogen-bond donors (Lipinski definition) is 1. The quantitative estimate of drug-likeness (QED) is 0.628. The molecular formula is C14H20N2O. The fourth-order valence-corrected chi connectivity index (χ4v) is 2.46. The number of oxime groups is 1. The molecule has 0 aliphatic carbocycles. The normalized spacial score (nSPS) is 24.1. The van der Waals surface area contributed by atoms with Crippen molar-refractivity contribution in [1.82, 2.24) is 4.90 Å². The second kappa shape index (κ2) is 5.32. The lowest BCUT2D eigenvalue weighted by Crippen LogP contribution is -2.39. The van der Waals surface area contributed by atoms with Gasteiger partial charge >= 0.3 is 0 Å². The molecule has 3 heteroatoms. The van der Waals surface area contributed by atoms with E-state index in [1.54, 1.807) is 0 Å². The third-order valence-electron chi connectivity index (χ3n) is 3.40. The molecule has 17 heavy (non-hydrogen) atoms. The van der Waals surface area contributed by atoms with Gasteiger partial charge in [0.2, 0.25) is 0 Å². The van der Waals surface area contributed by atoms with Crippen molar-refractivity contribution in [3.8, 4) is 0 Å². The van der Waals surface area contributed by atoms with Gasteiger partial charge in [-0.05, 0) is 12.5 Å². The van der Waals surface area contributed by atoms with Gasteiger partial charge in [0.15, 0.2) is 0 Å². The van der Waals surface area contributed by atoms with Gasteiger partial charge < -0.3 is 5.21 Å². The summed E-state index contributed by atoms with van der Waals surface area (Å²) in [6, 6.07) is 8.64. The maximum Gasteiger partial charge on any atom is 0.0624 e. The number of aryl methyl sites for hydroxylation is 1. The number of rotatable bonds is 2. The second-order valence-corrected chi connectivity index (χ2v) is 4.97. The summed E-state index contributed by atoms with van der Waals surface area (Å²) in [6.45, 7) is 7.20. The van der Waals surface area contributed by atoms with E-state index in [0.29, 0.717) is 5.92 Å². The van der Waals surface area contributed by atoms with Gasteiger partial charge in [0, 0.05) is 32.0 Å². The highest BCUT2D eigenvalue weighted by Gasteiger charge is 2.22. The summed E-state index contributed by atoms with van der Waals surface area (Å²) in [5.74, 6) is 0.360. The third kappa shape index (κ3) is 3.07. The summed E-state index contributed by atoms with van der Waals surface area (Å²) < 4.78 is 0. The smallest absolute Gasteiger partial charge is 0.0624 e. The molecule has 1 saturated heterocycles. The summed E-state index contributed by atoms with van der Waals surface area (Å²) in [5, 5.41) is 12.2. The van der Waals surface area contributed by atoms with E-state index in [9.17, 15) is 0 Å². The molecule has 3 nitrogen and oxygen atoms in total. The lowest BCUT2D eigenvalue weighted by atomic mass is 9.97. The zero-order chi connectivity index (χ0) is 12.3. The average Bonchev–Trinajstić information content (AvgIpc) is 2.29. The molecule has 0 bridgehead atoms. The molecule has 1 heterocycles. The van der Waals surface area contributed by atoms with Gasteiger partial charge in [0.25, 0.3) is 0 Å². The number of piperidine rings is 1. The van der Waals surface area contributed by atoms with Crippen LogP contribution in [0.1, 0.15) is 24.5 Å². The Balaban J connectivity index is 1.97. The third-order valence-corrected chi connectivity index (χ3v) is 3.40. The number of likely N-dealkylation sites (tertiary alicyclic amines) is 1. The molecule has 0 aromatic heterocycles. The van der Waals surface area contributed by atoms with Gasteiger partial charge in [-0.15, -0.1) is 0 Å². The molecule has 0 radical (unpaired) electrons. The average molecular weight is 232 g/mol. The molecule has 0 saturated carbocycles. The van der Waals surface area contributed by atoms with Gasteiger partial charge in [-0.25, -0.2) is 0 Å². The molecule has 1 aromatic carbocycles. The molecule has 2 rings (SSSR count). The van der Waals surface area contributed by atoms with Crippen LogP contribution in [0.2, 0.25) is 0 Å². The van der Waals surface area contributed by atoms with Crippen molar-refractivity contribution in [3.05, 3.63) is 35.4 Å². The first-order valence-corrected chi connectivity index (χ1v) is 6.18. The van der Waals surface area contributed by atoms with Crippen molar-refractivity contribution in [2.24, 2.45) is 11.1 Å². The summed E-state index contributed by atoms with van der Waals surface area (Å²) in [6.07, 6.45) is 0.878. The molecule has 1 aliphatic heterocycles. The molecule has 0 spiro atoms. The first-order chi connectivity index (χ1) is 8.19. The van der Waals surface area contributed by atoms with E-state index in [2.05, 4.69) is 48.2 Å². The summed E-state index contributed by atoms with van der Waals surface area (Å²) in [4.78, 5) is 2.42. The minimum absolute atomic E-state index is 0.360. The molecule has 1 aliphatic rings. The predicted octanol–water partition coefficient (Wildman–Crippen LogP) is 2.67. The van der Waals surface area contributed by atoms with Crippen LogP contribution in [0.15, 0.2) is 29.4 Å². The predicted molar refractivity (Wildman–Crippen MR) is 69.5 cm³/mol. The Kier molecular flexibility index (Phi) is 3.79. The Morgan fingerprint density at radius 1 is 1.47 bits per heavy atom. The zero-order valence-corrected chi connectivity index (χ0v) is 10.6. The van der Waals surface area contributed by atoms with E-state index < -0.39 is 0 Å². The van der Waals surface area contributed by atoms with Crippen LogP contribution in [0.5, 0.6) is 0 Å². The van der Waals surface area contributed by atoms with Gasteiger partial charge in [0.1, 0.15) is 0 Å². The highest BCUT2D eigenvalue weighted by molar-refractivity contribution is 5.86. The molecule has 92 valence electrons. The van der Waals surface area contributed by atoms with Crippen molar-refractivity contribution in [2.45, 2.75) is 26.8 Å². The molecule has 1 N–H and O–H groups in total. The largest absolute Gasteiger partial charge is 0.411 e. The van der Waals surface area contributed by atoms with Crippen LogP contribution < -0.4 is 0 Å². The van der Waals surface area contributed by atoms with Gasteiger partial charge in [0.05, 0.1) is 5.71 Å². The second-order valence-electron chi connectivity index (χ2n) is 4.97. The Bertz CT molecular complexity index is 414. The SMILES string of the molecule is Cc1cccc(CN2CC/C(=N\O)C(C)C2)c1. The monoisotopic (exact) mass is 232 g/mol. The van der Waals surface area contributed by atoms with Gasteiger partial charge in [-0.3, -0.25) is 4.90 Å². The number of benzene rings is 1. The molecule has 1 aromatic rings. The Morgan fingerprint density at radius 2 is 2.29 bits per heavy atom. The van der Waals surface area contributed by atoms with Crippen LogP contribution in [0.25, 0.3) is 0 Å². The van der Waals surface area contributed by atoms with Crippen molar-refractivity contribution in [3.63, 3.8) is 0 Å². The first kappa shape index (κ1) is 12.1. The Morgan fingerprint density at radius 3 is 2.94 bits per heavy atom. The van der Waals surface area contributed by atoms with E-state index in [1.165, 1.54) is 11.1 Å². The van der Waals surface area contributed by atoms with Crippen molar-refractivity contribution in [1.29, 1.82) is 0 Å². The van der Waals surface area contributed by atoms with Gasteiger partial charge in [-0.2, -0.15) is 0 Å². The van der Waals surface area contributed by atoms with E-state index in [0.717, 1.165) is 31.8 Å². The maximum atomic E-state index is 8.84. The molecule has 0 amide bonds. The zero-order valence-electron chi connectivity index (χ0n) is 10.6. The fourth-order valence-electron chi connectivity index (χ4n) is 2.46. The van der Waals surface area contributed by atoms with E-state index in [-0.39, 0.29) is 0 Å². The number of hydrogen-bond acceptors (Lipinski definition) is 3. The molecular weight excluding hydrogens is 212 g/mol. The number of nitrogens with zero attached hydrogens (tertiary/aromatic N) is 2. The minimum atomic E-state index is 0.360. The highest BCUT2D eigenvalue weighted by atomic mass is 16.4. The lowest BCUT2D eigenvalue weighted by molar-refractivity contribution is 0.228. The Hall–Kier alpha value is -1.35. The highest BCUT2D eigenvalue weighted by Crippen LogP contribution is 2.16. The molecule has 1 unspecified atom stereocenters. The van der Waals surface area contributed by atoms with Crippen LogP contribution in [-0.2, 0) is 6.54 Å². The van der Waals surface area contributed by atoms with E-state index >= 15 is 0 Å². The van der Waals surface area contributed by atoms with Gasteiger partial charge in [-0.1, -0.05) is 41.9 Å². The first-order valence-electron chi connectivity index (χ1n) is 6.18. The lowest BCUT2D eigenvalue weighted by Gasteiger charge is -2.31. The fraction of sp³-hybridized carbons (Fsp3) is 0.500. The standard InChI is InChI=1S/C14H20N2O/c1-11-4-3-5-13(8-11)10-16-7-6-14(15-17)12(2)9-16/h3-5,8,12,17H,6-7,9-10H2,1-2H3/b15-14+. The van der Waals surface area contributed by atoms with E-state index in [1.807, 2.05) is 0 Å². The minimum Gasteiger partial charge on any atom is -0.411 e. The van der Waals surface area contributed by atoms with Crippen LogP contribution in [0.3, 0.4) is 0 Å². The molecule has 1 atom stereocenters. The summed E-state index contributed by atoms with van der Waals surface area (Å²) in [7, 11) is 0. The maximum absolute atomic E-state index is 8.84. The van der Waals surface area contributed by atoms with Crippen LogP contribution in [0, 0.1) is 12.8 Å².